The highest BCUT2D eigenvalue weighted by Crippen LogP contribution is 2.28. The van der Waals surface area contributed by atoms with Crippen molar-refractivity contribution in [2.45, 2.75) is 27.7 Å². The number of hydrogen-bond donors (Lipinski definition) is 0. The highest BCUT2D eigenvalue weighted by Gasteiger charge is 2.29. The number of piperazine rings is 1. The quantitative estimate of drug-likeness (QED) is 0.626. The van der Waals surface area contributed by atoms with E-state index in [9.17, 15) is 9.59 Å². The molecule has 4 rings (SSSR count). The monoisotopic (exact) mass is 430 g/mol. The molecular formula is C26H30N4O2. The molecule has 1 aromatic heterocycles. The van der Waals surface area contributed by atoms with Gasteiger partial charge in [0.25, 0.3) is 5.91 Å². The predicted octanol–water partition coefficient (Wildman–Crippen LogP) is 4.10. The second kappa shape index (κ2) is 8.99. The number of aromatic nitrogens is 2. The minimum absolute atomic E-state index is 0.0301. The van der Waals surface area contributed by atoms with Gasteiger partial charge in [0.1, 0.15) is 5.69 Å². The summed E-state index contributed by atoms with van der Waals surface area (Å²) >= 11 is 0. The smallest absolute Gasteiger partial charge is 0.257 e. The molecule has 0 unspecified atom stereocenters. The first kappa shape index (κ1) is 21.8. The minimum Gasteiger partial charge on any atom is -0.339 e. The molecule has 0 saturated carbocycles. The van der Waals surface area contributed by atoms with Gasteiger partial charge in [-0.3, -0.25) is 9.59 Å². The zero-order chi connectivity index (χ0) is 22.8. The number of carbonyl (C=O) groups is 2. The van der Waals surface area contributed by atoms with Gasteiger partial charge < -0.3 is 9.80 Å². The van der Waals surface area contributed by atoms with E-state index < -0.39 is 0 Å². The fraction of sp³-hybridized carbons (Fsp3) is 0.346. The van der Waals surface area contributed by atoms with Gasteiger partial charge in [-0.2, -0.15) is 5.10 Å². The van der Waals surface area contributed by atoms with Crippen LogP contribution in [0.1, 0.15) is 35.3 Å². The van der Waals surface area contributed by atoms with Crippen LogP contribution in [-0.4, -0.2) is 57.6 Å². The summed E-state index contributed by atoms with van der Waals surface area (Å²) in [5, 5.41) is 4.83. The van der Waals surface area contributed by atoms with Gasteiger partial charge in [0.2, 0.25) is 5.91 Å². The molecule has 0 atom stereocenters. The largest absolute Gasteiger partial charge is 0.339 e. The summed E-state index contributed by atoms with van der Waals surface area (Å²) in [6.07, 6.45) is 1.83. The van der Waals surface area contributed by atoms with Crippen molar-refractivity contribution in [1.82, 2.24) is 19.6 Å². The molecule has 0 N–H and O–H groups in total. The Hall–Kier alpha value is -3.41. The molecular weight excluding hydrogens is 400 g/mol. The number of para-hydroxylation sites is 1. The molecule has 0 spiro atoms. The SMILES string of the molecule is Cc1ccc(-c2nn(-c3ccccc3)cc2C(=O)N2CCN(C(=O)C(C)C)CC2)c(C)c1. The van der Waals surface area contributed by atoms with E-state index in [-0.39, 0.29) is 17.7 Å². The molecule has 1 aliphatic rings. The third-order valence-electron chi connectivity index (χ3n) is 5.97. The Morgan fingerprint density at radius 2 is 1.56 bits per heavy atom. The van der Waals surface area contributed by atoms with Crippen molar-refractivity contribution in [2.75, 3.05) is 26.2 Å². The van der Waals surface area contributed by atoms with E-state index in [0.717, 1.165) is 16.8 Å². The van der Waals surface area contributed by atoms with Crippen LogP contribution in [0.4, 0.5) is 0 Å². The lowest BCUT2D eigenvalue weighted by molar-refractivity contribution is -0.135. The van der Waals surface area contributed by atoms with Crippen molar-refractivity contribution in [3.63, 3.8) is 0 Å². The molecule has 0 radical (unpaired) electrons. The second-order valence-corrected chi connectivity index (χ2v) is 8.76. The van der Waals surface area contributed by atoms with E-state index in [1.807, 2.05) is 66.2 Å². The van der Waals surface area contributed by atoms with Crippen molar-refractivity contribution < 1.29 is 9.59 Å². The Morgan fingerprint density at radius 1 is 0.906 bits per heavy atom. The predicted molar refractivity (Wildman–Crippen MR) is 126 cm³/mol. The van der Waals surface area contributed by atoms with Gasteiger partial charge in [-0.1, -0.05) is 55.8 Å². The van der Waals surface area contributed by atoms with Gasteiger partial charge in [-0.05, 0) is 31.5 Å². The van der Waals surface area contributed by atoms with Crippen molar-refractivity contribution in [1.29, 1.82) is 0 Å². The van der Waals surface area contributed by atoms with Crippen LogP contribution in [0.5, 0.6) is 0 Å². The van der Waals surface area contributed by atoms with Crippen LogP contribution in [0.3, 0.4) is 0 Å². The van der Waals surface area contributed by atoms with Crippen LogP contribution in [0.25, 0.3) is 16.9 Å². The van der Waals surface area contributed by atoms with Crippen LogP contribution in [0.2, 0.25) is 0 Å². The Kier molecular flexibility index (Phi) is 6.12. The van der Waals surface area contributed by atoms with Crippen LogP contribution < -0.4 is 0 Å². The molecule has 2 heterocycles. The molecule has 1 aliphatic heterocycles. The van der Waals surface area contributed by atoms with Crippen molar-refractivity contribution in [2.24, 2.45) is 5.92 Å². The Bertz CT molecular complexity index is 1130. The molecule has 1 fully saturated rings. The van der Waals surface area contributed by atoms with Gasteiger partial charge >= 0.3 is 0 Å². The van der Waals surface area contributed by atoms with E-state index in [0.29, 0.717) is 37.4 Å². The number of carbonyl (C=O) groups excluding carboxylic acids is 2. The summed E-state index contributed by atoms with van der Waals surface area (Å²) in [6, 6.07) is 16.0. The number of hydrogen-bond acceptors (Lipinski definition) is 3. The van der Waals surface area contributed by atoms with E-state index in [2.05, 4.69) is 26.0 Å². The van der Waals surface area contributed by atoms with Gasteiger partial charge in [-0.15, -0.1) is 0 Å². The van der Waals surface area contributed by atoms with Crippen LogP contribution in [0.15, 0.2) is 54.7 Å². The number of aryl methyl sites for hydroxylation is 2. The van der Waals surface area contributed by atoms with Crippen molar-refractivity contribution in [3.05, 3.63) is 71.4 Å². The Labute approximate surface area is 189 Å². The van der Waals surface area contributed by atoms with Gasteiger partial charge in [0.05, 0.1) is 11.3 Å². The van der Waals surface area contributed by atoms with Gasteiger partial charge in [-0.25, -0.2) is 4.68 Å². The lowest BCUT2D eigenvalue weighted by atomic mass is 10.00. The summed E-state index contributed by atoms with van der Waals surface area (Å²) in [5.41, 5.74) is 5.41. The highest BCUT2D eigenvalue weighted by molar-refractivity contribution is 6.00. The van der Waals surface area contributed by atoms with E-state index >= 15 is 0 Å². The molecule has 6 heteroatoms. The molecule has 0 aliphatic carbocycles. The number of amides is 2. The van der Waals surface area contributed by atoms with E-state index in [1.165, 1.54) is 5.56 Å². The Balaban J connectivity index is 1.67. The van der Waals surface area contributed by atoms with Gasteiger partial charge in [0.15, 0.2) is 0 Å². The zero-order valence-corrected chi connectivity index (χ0v) is 19.2. The lowest BCUT2D eigenvalue weighted by Crippen LogP contribution is -2.51. The van der Waals surface area contributed by atoms with E-state index in [1.54, 1.807) is 4.68 Å². The van der Waals surface area contributed by atoms with Crippen LogP contribution in [0, 0.1) is 19.8 Å². The highest BCUT2D eigenvalue weighted by atomic mass is 16.2. The number of nitrogens with zero attached hydrogens (tertiary/aromatic N) is 4. The number of rotatable bonds is 4. The fourth-order valence-corrected chi connectivity index (χ4v) is 4.19. The molecule has 1 saturated heterocycles. The molecule has 2 aromatic carbocycles. The number of benzene rings is 2. The van der Waals surface area contributed by atoms with Crippen molar-refractivity contribution in [3.8, 4) is 16.9 Å². The lowest BCUT2D eigenvalue weighted by Gasteiger charge is -2.35. The summed E-state index contributed by atoms with van der Waals surface area (Å²) in [4.78, 5) is 29.6. The average Bonchev–Trinajstić information content (AvgIpc) is 3.24. The summed E-state index contributed by atoms with van der Waals surface area (Å²) in [5.74, 6) is 0.0706. The Morgan fingerprint density at radius 3 is 2.19 bits per heavy atom. The zero-order valence-electron chi connectivity index (χ0n) is 19.2. The normalized spacial score (nSPS) is 14.2. The maximum atomic E-state index is 13.6. The topological polar surface area (TPSA) is 58.4 Å². The third kappa shape index (κ3) is 4.31. The summed E-state index contributed by atoms with van der Waals surface area (Å²) < 4.78 is 1.78. The maximum Gasteiger partial charge on any atom is 0.257 e. The molecule has 3 aromatic rings. The first-order valence-electron chi connectivity index (χ1n) is 11.2. The van der Waals surface area contributed by atoms with Crippen LogP contribution in [-0.2, 0) is 4.79 Å². The third-order valence-corrected chi connectivity index (χ3v) is 5.97. The van der Waals surface area contributed by atoms with Crippen LogP contribution >= 0.6 is 0 Å². The standard InChI is InChI=1S/C26H30N4O2/c1-18(2)25(31)28-12-14-29(15-13-28)26(32)23-17-30(21-8-6-5-7-9-21)27-24(23)22-11-10-19(3)16-20(22)4/h5-11,16-18H,12-15H2,1-4H3. The minimum atomic E-state index is -0.0428. The molecule has 166 valence electrons. The summed E-state index contributed by atoms with van der Waals surface area (Å²) in [7, 11) is 0. The first-order valence-corrected chi connectivity index (χ1v) is 11.2. The molecule has 2 amide bonds. The van der Waals surface area contributed by atoms with Gasteiger partial charge in [0, 0.05) is 43.9 Å². The van der Waals surface area contributed by atoms with Crippen molar-refractivity contribution >= 4 is 11.8 Å². The molecule has 6 nitrogen and oxygen atoms in total. The summed E-state index contributed by atoms with van der Waals surface area (Å²) in [6.45, 7) is 10.1. The average molecular weight is 431 g/mol. The maximum absolute atomic E-state index is 13.6. The van der Waals surface area contributed by atoms with E-state index in [4.69, 9.17) is 5.10 Å². The fourth-order valence-electron chi connectivity index (χ4n) is 4.19. The molecule has 0 bridgehead atoms. The molecule has 32 heavy (non-hydrogen) atoms. The first-order chi connectivity index (χ1) is 15.3. The second-order valence-electron chi connectivity index (χ2n) is 8.76.